The van der Waals surface area contributed by atoms with Crippen LogP contribution in [0.2, 0.25) is 5.02 Å². The average molecular weight is 408 g/mol. The number of rotatable bonds is 3. The molecule has 0 spiro atoms. The van der Waals surface area contributed by atoms with Gasteiger partial charge in [0.1, 0.15) is 11.4 Å². The molecule has 146 valence electrons. The SMILES string of the molecule is Cc1ccc2onc(CC(=O)N3CCc4c(noc4-c4ccc(Cl)cc4)C3)c2c1. The van der Waals surface area contributed by atoms with E-state index in [4.69, 9.17) is 20.6 Å². The third kappa shape index (κ3) is 3.29. The van der Waals surface area contributed by atoms with Gasteiger partial charge in [0.15, 0.2) is 11.3 Å². The molecule has 0 radical (unpaired) electrons. The molecule has 0 N–H and O–H groups in total. The van der Waals surface area contributed by atoms with Gasteiger partial charge in [0.05, 0.1) is 13.0 Å². The molecule has 0 fully saturated rings. The maximum Gasteiger partial charge on any atom is 0.229 e. The fraction of sp³-hybridized carbons (Fsp3) is 0.227. The van der Waals surface area contributed by atoms with E-state index in [-0.39, 0.29) is 12.3 Å². The molecule has 6 nitrogen and oxygen atoms in total. The third-order valence-electron chi connectivity index (χ3n) is 5.32. The van der Waals surface area contributed by atoms with Crippen molar-refractivity contribution < 1.29 is 13.8 Å². The lowest BCUT2D eigenvalue weighted by Crippen LogP contribution is -2.37. The first kappa shape index (κ1) is 17.9. The van der Waals surface area contributed by atoms with Crippen molar-refractivity contribution >= 4 is 28.5 Å². The largest absolute Gasteiger partial charge is 0.356 e. The standard InChI is InChI=1S/C22H18ClN3O3/c1-13-2-7-20-17(10-13)18(24-28-20)11-21(27)26-9-8-16-19(12-26)25-29-22(16)14-3-5-15(23)6-4-14/h2-7,10H,8-9,11-12H2,1H3. The zero-order chi connectivity index (χ0) is 20.0. The second-order valence-electron chi connectivity index (χ2n) is 7.31. The third-order valence-corrected chi connectivity index (χ3v) is 5.57. The lowest BCUT2D eigenvalue weighted by molar-refractivity contribution is -0.131. The lowest BCUT2D eigenvalue weighted by atomic mass is 10.00. The van der Waals surface area contributed by atoms with E-state index in [2.05, 4.69) is 10.3 Å². The number of carbonyl (C=O) groups excluding carboxylic acids is 1. The van der Waals surface area contributed by atoms with Crippen LogP contribution in [0.5, 0.6) is 0 Å². The van der Waals surface area contributed by atoms with Crippen LogP contribution in [-0.4, -0.2) is 27.7 Å². The van der Waals surface area contributed by atoms with Crippen LogP contribution in [-0.2, 0) is 24.2 Å². The minimum atomic E-state index is 0.00315. The van der Waals surface area contributed by atoms with Crippen LogP contribution >= 0.6 is 11.6 Å². The number of halogens is 1. The number of nitrogens with zero attached hydrogens (tertiary/aromatic N) is 3. The molecule has 1 amide bonds. The average Bonchev–Trinajstić information content (AvgIpc) is 3.32. The van der Waals surface area contributed by atoms with Crippen LogP contribution in [0, 0.1) is 6.92 Å². The van der Waals surface area contributed by atoms with Crippen molar-refractivity contribution in [1.29, 1.82) is 0 Å². The quantitative estimate of drug-likeness (QED) is 0.497. The molecule has 0 aliphatic carbocycles. The molecule has 7 heteroatoms. The van der Waals surface area contributed by atoms with Crippen molar-refractivity contribution in [2.75, 3.05) is 6.54 Å². The van der Waals surface area contributed by atoms with Crippen LogP contribution in [0.25, 0.3) is 22.3 Å². The van der Waals surface area contributed by atoms with Crippen LogP contribution in [0.1, 0.15) is 22.5 Å². The minimum Gasteiger partial charge on any atom is -0.356 e. The summed E-state index contributed by atoms with van der Waals surface area (Å²) in [6, 6.07) is 13.3. The molecular weight excluding hydrogens is 390 g/mol. The number of amides is 1. The monoisotopic (exact) mass is 407 g/mol. The zero-order valence-corrected chi connectivity index (χ0v) is 16.6. The van der Waals surface area contributed by atoms with E-state index < -0.39 is 0 Å². The molecule has 1 aliphatic heterocycles. The Morgan fingerprint density at radius 3 is 2.79 bits per heavy atom. The van der Waals surface area contributed by atoms with Crippen molar-refractivity contribution in [1.82, 2.24) is 15.2 Å². The van der Waals surface area contributed by atoms with E-state index in [0.29, 0.717) is 35.8 Å². The normalized spacial score (nSPS) is 13.7. The van der Waals surface area contributed by atoms with Gasteiger partial charge < -0.3 is 13.9 Å². The van der Waals surface area contributed by atoms with Crippen molar-refractivity contribution in [2.24, 2.45) is 0 Å². The van der Waals surface area contributed by atoms with E-state index in [1.165, 1.54) is 0 Å². The highest BCUT2D eigenvalue weighted by molar-refractivity contribution is 6.30. The van der Waals surface area contributed by atoms with Crippen LogP contribution in [0.3, 0.4) is 0 Å². The van der Waals surface area contributed by atoms with Gasteiger partial charge >= 0.3 is 0 Å². The minimum absolute atomic E-state index is 0.00315. The molecule has 0 saturated heterocycles. The van der Waals surface area contributed by atoms with Crippen molar-refractivity contribution in [3.05, 3.63) is 70.0 Å². The molecule has 0 atom stereocenters. The van der Waals surface area contributed by atoms with Crippen LogP contribution in [0.4, 0.5) is 0 Å². The molecule has 2 aromatic carbocycles. The molecule has 0 bridgehead atoms. The predicted octanol–water partition coefficient (Wildman–Crippen LogP) is 4.57. The summed E-state index contributed by atoms with van der Waals surface area (Å²) in [6.45, 7) is 3.05. The number of fused-ring (bicyclic) bond motifs is 2. The van der Waals surface area contributed by atoms with Crippen molar-refractivity contribution in [3.8, 4) is 11.3 Å². The second-order valence-corrected chi connectivity index (χ2v) is 7.75. The molecular formula is C22H18ClN3O3. The molecule has 3 heterocycles. The molecule has 4 aromatic rings. The Bertz CT molecular complexity index is 1210. The van der Waals surface area contributed by atoms with E-state index in [0.717, 1.165) is 33.5 Å². The van der Waals surface area contributed by atoms with E-state index in [1.807, 2.05) is 49.4 Å². The number of benzene rings is 2. The summed E-state index contributed by atoms with van der Waals surface area (Å²) in [5.74, 6) is 0.755. The molecule has 2 aromatic heterocycles. The fourth-order valence-corrected chi connectivity index (χ4v) is 3.88. The van der Waals surface area contributed by atoms with Gasteiger partial charge in [-0.15, -0.1) is 0 Å². The summed E-state index contributed by atoms with van der Waals surface area (Å²) in [4.78, 5) is 14.7. The molecule has 29 heavy (non-hydrogen) atoms. The van der Waals surface area contributed by atoms with Gasteiger partial charge in [-0.2, -0.15) is 0 Å². The second kappa shape index (κ2) is 7.04. The Kier molecular flexibility index (Phi) is 4.36. The topological polar surface area (TPSA) is 72.4 Å². The number of hydrogen-bond acceptors (Lipinski definition) is 5. The van der Waals surface area contributed by atoms with Gasteiger partial charge in [-0.1, -0.05) is 33.5 Å². The summed E-state index contributed by atoms with van der Waals surface area (Å²) in [6.07, 6.45) is 0.898. The highest BCUT2D eigenvalue weighted by Crippen LogP contribution is 2.31. The molecule has 5 rings (SSSR count). The Morgan fingerprint density at radius 1 is 1.14 bits per heavy atom. The van der Waals surface area contributed by atoms with Gasteiger partial charge in [-0.05, 0) is 49.7 Å². The first-order valence-corrected chi connectivity index (χ1v) is 9.82. The molecule has 0 unspecified atom stereocenters. The van der Waals surface area contributed by atoms with Crippen molar-refractivity contribution in [2.45, 2.75) is 26.3 Å². The summed E-state index contributed by atoms with van der Waals surface area (Å²) in [5, 5.41) is 9.88. The number of carbonyl (C=O) groups is 1. The Labute approximate surface area is 172 Å². The predicted molar refractivity (Wildman–Crippen MR) is 109 cm³/mol. The number of aryl methyl sites for hydroxylation is 1. The maximum atomic E-state index is 12.9. The molecule has 1 aliphatic rings. The first-order valence-electron chi connectivity index (χ1n) is 9.44. The Balaban J connectivity index is 1.35. The summed E-state index contributed by atoms with van der Waals surface area (Å²) in [7, 11) is 0. The Morgan fingerprint density at radius 2 is 1.97 bits per heavy atom. The maximum absolute atomic E-state index is 12.9. The summed E-state index contributed by atoms with van der Waals surface area (Å²) < 4.78 is 10.9. The smallest absolute Gasteiger partial charge is 0.229 e. The summed E-state index contributed by atoms with van der Waals surface area (Å²) >= 11 is 5.97. The van der Waals surface area contributed by atoms with Gasteiger partial charge in [0.25, 0.3) is 0 Å². The summed E-state index contributed by atoms with van der Waals surface area (Å²) in [5.41, 5.74) is 5.26. The highest BCUT2D eigenvalue weighted by Gasteiger charge is 2.28. The molecule has 0 saturated carbocycles. The van der Waals surface area contributed by atoms with Gasteiger partial charge in [-0.25, -0.2) is 0 Å². The van der Waals surface area contributed by atoms with E-state index in [9.17, 15) is 4.79 Å². The van der Waals surface area contributed by atoms with E-state index >= 15 is 0 Å². The van der Waals surface area contributed by atoms with Gasteiger partial charge in [-0.3, -0.25) is 4.79 Å². The highest BCUT2D eigenvalue weighted by atomic mass is 35.5. The van der Waals surface area contributed by atoms with Crippen molar-refractivity contribution in [3.63, 3.8) is 0 Å². The Hall–Kier alpha value is -3.12. The zero-order valence-electron chi connectivity index (χ0n) is 15.8. The number of aromatic nitrogens is 2. The lowest BCUT2D eigenvalue weighted by Gasteiger charge is -2.25. The fourth-order valence-electron chi connectivity index (χ4n) is 3.76. The van der Waals surface area contributed by atoms with Crippen LogP contribution < -0.4 is 0 Å². The van der Waals surface area contributed by atoms with E-state index in [1.54, 1.807) is 4.90 Å². The van der Waals surface area contributed by atoms with Gasteiger partial charge in [0.2, 0.25) is 5.91 Å². The van der Waals surface area contributed by atoms with Gasteiger partial charge in [0, 0.05) is 28.1 Å². The number of hydrogen-bond donors (Lipinski definition) is 0. The van der Waals surface area contributed by atoms with Crippen LogP contribution in [0.15, 0.2) is 51.5 Å². The first-order chi connectivity index (χ1) is 14.1.